The second-order valence-electron chi connectivity index (χ2n) is 7.08. The van der Waals surface area contributed by atoms with Crippen molar-refractivity contribution >= 4 is 20.9 Å². The molecule has 0 fully saturated rings. The summed E-state index contributed by atoms with van der Waals surface area (Å²) in [6, 6.07) is 11.9. The van der Waals surface area contributed by atoms with E-state index >= 15 is 0 Å². The van der Waals surface area contributed by atoms with E-state index in [1.165, 1.54) is 40.4 Å². The molecule has 3 aromatic rings. The van der Waals surface area contributed by atoms with Crippen LogP contribution in [0.3, 0.4) is 0 Å². The maximum Gasteiger partial charge on any atom is 0.216 e. The molecule has 1 heterocycles. The van der Waals surface area contributed by atoms with Gasteiger partial charge < -0.3 is 4.98 Å². The van der Waals surface area contributed by atoms with Gasteiger partial charge in [0.1, 0.15) is 5.82 Å². The van der Waals surface area contributed by atoms with E-state index in [1.54, 1.807) is 6.07 Å². The van der Waals surface area contributed by atoms with Gasteiger partial charge in [-0.2, -0.15) is 0 Å². The van der Waals surface area contributed by atoms with Crippen LogP contribution in [0.1, 0.15) is 28.8 Å². The molecule has 0 spiro atoms. The third-order valence-corrected chi connectivity index (χ3v) is 6.34. The Bertz CT molecular complexity index is 1070. The molecule has 2 N–H and O–H groups in total. The van der Waals surface area contributed by atoms with Gasteiger partial charge in [0, 0.05) is 22.6 Å². The number of fused-ring (bicyclic) bond motifs is 3. The van der Waals surface area contributed by atoms with Crippen LogP contribution in [0.5, 0.6) is 0 Å². The second kappa shape index (κ2) is 6.52. The van der Waals surface area contributed by atoms with Crippen molar-refractivity contribution in [2.45, 2.75) is 38.0 Å². The van der Waals surface area contributed by atoms with E-state index < -0.39 is 15.8 Å². The average Bonchev–Trinajstić information content (AvgIpc) is 2.91. The van der Waals surface area contributed by atoms with Crippen LogP contribution in [0.25, 0.3) is 10.9 Å². The lowest BCUT2D eigenvalue weighted by atomic mass is 9.92. The molecule has 1 aliphatic carbocycles. The summed E-state index contributed by atoms with van der Waals surface area (Å²) in [4.78, 5) is 3.45. The van der Waals surface area contributed by atoms with Gasteiger partial charge in [-0.15, -0.1) is 0 Å². The third-order valence-electron chi connectivity index (χ3n) is 4.94. The molecule has 0 saturated carbocycles. The average molecular weight is 372 g/mol. The fourth-order valence-electron chi connectivity index (χ4n) is 3.77. The number of benzene rings is 2. The van der Waals surface area contributed by atoms with Crippen LogP contribution in [0.15, 0.2) is 42.5 Å². The number of halogens is 1. The molecule has 0 radical (unpaired) electrons. The zero-order valence-corrected chi connectivity index (χ0v) is 15.4. The zero-order valence-electron chi connectivity index (χ0n) is 14.5. The number of hydrogen-bond acceptors (Lipinski definition) is 2. The van der Waals surface area contributed by atoms with E-state index in [9.17, 15) is 12.8 Å². The lowest BCUT2D eigenvalue weighted by Crippen LogP contribution is -2.39. The number of rotatable bonds is 4. The lowest BCUT2D eigenvalue weighted by Gasteiger charge is -2.23. The zero-order chi connectivity index (χ0) is 18.3. The standard InChI is InChI=1S/C20H21FN2O2S/c1-13-5-7-19-17(9-13)18-11-16(6-8-20(18)22-19)23-26(24,25)12-14-3-2-4-15(21)10-14/h2-5,7,9-10,16,22-23H,6,8,11-12H2,1H3/t16-/m0/s1. The van der Waals surface area contributed by atoms with Gasteiger partial charge in [0.25, 0.3) is 0 Å². The summed E-state index contributed by atoms with van der Waals surface area (Å²) in [6.45, 7) is 2.06. The van der Waals surface area contributed by atoms with Crippen molar-refractivity contribution in [3.63, 3.8) is 0 Å². The van der Waals surface area contributed by atoms with E-state index in [4.69, 9.17) is 0 Å². The molecule has 4 rings (SSSR count). The van der Waals surface area contributed by atoms with E-state index in [0.29, 0.717) is 12.0 Å². The van der Waals surface area contributed by atoms with E-state index in [1.807, 2.05) is 0 Å². The molecule has 0 unspecified atom stereocenters. The van der Waals surface area contributed by atoms with Crippen LogP contribution in [0, 0.1) is 12.7 Å². The molecule has 0 saturated heterocycles. The highest BCUT2D eigenvalue weighted by atomic mass is 32.2. The molecule has 4 nitrogen and oxygen atoms in total. The fraction of sp³-hybridized carbons (Fsp3) is 0.300. The second-order valence-corrected chi connectivity index (χ2v) is 8.83. The van der Waals surface area contributed by atoms with Crippen molar-refractivity contribution in [2.24, 2.45) is 0 Å². The summed E-state index contributed by atoms with van der Waals surface area (Å²) >= 11 is 0. The Balaban J connectivity index is 1.53. The fourth-order valence-corrected chi connectivity index (χ4v) is 5.18. The molecule has 2 aromatic carbocycles. The first-order valence-electron chi connectivity index (χ1n) is 8.74. The van der Waals surface area contributed by atoms with Crippen molar-refractivity contribution in [3.05, 3.63) is 70.7 Å². The summed E-state index contributed by atoms with van der Waals surface area (Å²) in [5.41, 5.74) is 5.15. The molecule has 0 bridgehead atoms. The van der Waals surface area contributed by atoms with Crippen LogP contribution in [0.2, 0.25) is 0 Å². The molecular formula is C20H21FN2O2S. The highest BCUT2D eigenvalue weighted by Crippen LogP contribution is 2.30. The maximum absolute atomic E-state index is 13.3. The van der Waals surface area contributed by atoms with E-state index in [-0.39, 0.29) is 11.8 Å². The topological polar surface area (TPSA) is 62.0 Å². The van der Waals surface area contributed by atoms with Crippen molar-refractivity contribution in [3.8, 4) is 0 Å². The van der Waals surface area contributed by atoms with Gasteiger partial charge in [-0.25, -0.2) is 17.5 Å². The summed E-state index contributed by atoms with van der Waals surface area (Å²) in [6.07, 6.45) is 2.23. The first kappa shape index (κ1) is 17.2. The number of H-pyrrole nitrogens is 1. The van der Waals surface area contributed by atoms with Crippen molar-refractivity contribution in [1.82, 2.24) is 9.71 Å². The number of nitrogens with one attached hydrogen (secondary N) is 2. The lowest BCUT2D eigenvalue weighted by molar-refractivity contribution is 0.506. The Morgan fingerprint density at radius 2 is 2.08 bits per heavy atom. The maximum atomic E-state index is 13.3. The summed E-state index contributed by atoms with van der Waals surface area (Å²) in [5.74, 6) is -0.629. The number of hydrogen-bond donors (Lipinski definition) is 2. The predicted molar refractivity (Wildman–Crippen MR) is 101 cm³/mol. The minimum absolute atomic E-state index is 0.138. The Hall–Kier alpha value is -2.18. The number of aromatic nitrogens is 1. The SMILES string of the molecule is Cc1ccc2[nH]c3c(c2c1)C[C@@H](NS(=O)(=O)Cc1cccc(F)c1)CC3. The van der Waals surface area contributed by atoms with Crippen LogP contribution in [0.4, 0.5) is 4.39 Å². The van der Waals surface area contributed by atoms with Gasteiger partial charge in [-0.1, -0.05) is 23.8 Å². The minimum Gasteiger partial charge on any atom is -0.358 e. The Morgan fingerprint density at radius 3 is 2.88 bits per heavy atom. The van der Waals surface area contributed by atoms with E-state index in [2.05, 4.69) is 34.8 Å². The van der Waals surface area contributed by atoms with Crippen molar-refractivity contribution < 1.29 is 12.8 Å². The number of aryl methyl sites for hydroxylation is 2. The first-order chi connectivity index (χ1) is 12.4. The van der Waals surface area contributed by atoms with E-state index in [0.717, 1.165) is 18.4 Å². The van der Waals surface area contributed by atoms with Crippen molar-refractivity contribution in [1.29, 1.82) is 0 Å². The summed E-state index contributed by atoms with van der Waals surface area (Å²) < 4.78 is 41.1. The molecular weight excluding hydrogens is 351 g/mol. The van der Waals surface area contributed by atoms with Crippen LogP contribution < -0.4 is 4.72 Å². The Morgan fingerprint density at radius 1 is 1.23 bits per heavy atom. The highest BCUT2D eigenvalue weighted by molar-refractivity contribution is 7.88. The predicted octanol–water partition coefficient (Wildman–Crippen LogP) is 3.59. The first-order valence-corrected chi connectivity index (χ1v) is 10.4. The third kappa shape index (κ3) is 3.52. The molecule has 1 aliphatic rings. The minimum atomic E-state index is -3.52. The molecule has 1 atom stereocenters. The van der Waals surface area contributed by atoms with Crippen LogP contribution in [-0.4, -0.2) is 19.4 Å². The molecule has 1 aromatic heterocycles. The van der Waals surface area contributed by atoms with Gasteiger partial charge in [0.15, 0.2) is 0 Å². The van der Waals surface area contributed by atoms with Crippen molar-refractivity contribution in [2.75, 3.05) is 0 Å². The molecule has 0 amide bonds. The number of aromatic amines is 1. The largest absolute Gasteiger partial charge is 0.358 e. The van der Waals surface area contributed by atoms with Crippen LogP contribution in [-0.2, 0) is 28.6 Å². The number of sulfonamides is 1. The smallest absolute Gasteiger partial charge is 0.216 e. The summed E-state index contributed by atoms with van der Waals surface area (Å²) in [5, 5.41) is 1.18. The van der Waals surface area contributed by atoms with Gasteiger partial charge in [-0.05, 0) is 61.6 Å². The molecule has 6 heteroatoms. The quantitative estimate of drug-likeness (QED) is 0.735. The van der Waals surface area contributed by atoms with Crippen LogP contribution >= 0.6 is 0 Å². The summed E-state index contributed by atoms with van der Waals surface area (Å²) in [7, 11) is -3.52. The Kier molecular flexibility index (Phi) is 4.32. The molecule has 136 valence electrons. The molecule has 0 aliphatic heterocycles. The van der Waals surface area contributed by atoms with Gasteiger partial charge in [0.2, 0.25) is 10.0 Å². The van der Waals surface area contributed by atoms with Gasteiger partial charge in [0.05, 0.1) is 5.75 Å². The monoisotopic (exact) mass is 372 g/mol. The Labute approximate surface area is 152 Å². The molecule has 26 heavy (non-hydrogen) atoms. The van der Waals surface area contributed by atoms with Gasteiger partial charge in [-0.3, -0.25) is 0 Å². The highest BCUT2D eigenvalue weighted by Gasteiger charge is 2.26. The normalized spacial score (nSPS) is 17.4. The van der Waals surface area contributed by atoms with Gasteiger partial charge >= 0.3 is 0 Å².